The van der Waals surface area contributed by atoms with Crippen molar-refractivity contribution in [1.82, 2.24) is 4.57 Å². The van der Waals surface area contributed by atoms with Crippen molar-refractivity contribution in [3.05, 3.63) is 95.3 Å². The van der Waals surface area contributed by atoms with Crippen molar-refractivity contribution < 1.29 is 30.1 Å². The molecule has 0 bridgehead atoms. The Morgan fingerprint density at radius 1 is 1.11 bits per heavy atom. The Bertz CT molecular complexity index is 1660. The lowest BCUT2D eigenvalue weighted by Gasteiger charge is -2.12. The van der Waals surface area contributed by atoms with E-state index in [1.807, 2.05) is 25.4 Å². The molecule has 0 radical (unpaired) electrons. The number of benzene rings is 2. The van der Waals surface area contributed by atoms with Crippen molar-refractivity contribution in [3.63, 3.8) is 0 Å². The van der Waals surface area contributed by atoms with Gasteiger partial charge in [-0.15, -0.1) is 11.3 Å². The number of fused-ring (bicyclic) bond motifs is 1. The second kappa shape index (κ2) is 11.3. The van der Waals surface area contributed by atoms with Crippen LogP contribution in [0.1, 0.15) is 35.5 Å². The number of rotatable bonds is 5. The van der Waals surface area contributed by atoms with Crippen molar-refractivity contribution in [2.24, 2.45) is 0 Å². The molecule has 4 aromatic rings. The number of alkyl halides is 3. The SMILES string of the molecule is CCc1ccc2c(c1)S/C(=c1/s/c(=C\c3scc[n+]3Cc3ccccc3C(F)(F)F)n(CC)c1=O)N2C.[Cl-]. The van der Waals surface area contributed by atoms with E-state index in [0.717, 1.165) is 37.8 Å². The van der Waals surface area contributed by atoms with Crippen LogP contribution in [0, 0.1) is 0 Å². The number of thioether (sulfide) groups is 1. The van der Waals surface area contributed by atoms with Crippen LogP contribution < -0.4 is 36.6 Å². The van der Waals surface area contributed by atoms with E-state index in [1.165, 1.54) is 40.4 Å². The molecule has 2 aromatic heterocycles. The average molecular weight is 596 g/mol. The first-order valence-corrected chi connectivity index (χ1v) is 14.3. The topological polar surface area (TPSA) is 29.1 Å². The van der Waals surface area contributed by atoms with E-state index in [9.17, 15) is 18.0 Å². The summed E-state index contributed by atoms with van der Waals surface area (Å²) >= 11 is 4.46. The lowest BCUT2D eigenvalue weighted by atomic mass is 10.1. The lowest BCUT2D eigenvalue weighted by Crippen LogP contribution is -3.00. The second-order valence-electron chi connectivity index (χ2n) is 8.61. The number of halogens is 4. The summed E-state index contributed by atoms with van der Waals surface area (Å²) in [6, 6.07) is 12.0. The minimum atomic E-state index is -4.42. The molecule has 0 N–H and O–H groups in total. The van der Waals surface area contributed by atoms with E-state index in [1.54, 1.807) is 33.2 Å². The van der Waals surface area contributed by atoms with Crippen molar-refractivity contribution in [1.29, 1.82) is 0 Å². The van der Waals surface area contributed by atoms with Crippen LogP contribution >= 0.6 is 34.4 Å². The fourth-order valence-corrected chi connectivity index (χ4v) is 7.75. The van der Waals surface area contributed by atoms with Gasteiger partial charge in [0.2, 0.25) is 0 Å². The van der Waals surface area contributed by atoms with Gasteiger partial charge in [0.15, 0.2) is 12.7 Å². The molecule has 1 aliphatic rings. The minimum Gasteiger partial charge on any atom is -1.00 e. The van der Waals surface area contributed by atoms with E-state index < -0.39 is 11.7 Å². The highest BCUT2D eigenvalue weighted by atomic mass is 35.5. The first-order valence-electron chi connectivity index (χ1n) is 11.8. The largest absolute Gasteiger partial charge is 1.00 e. The summed E-state index contributed by atoms with van der Waals surface area (Å²) in [5.74, 6) is 0. The molecule has 0 aliphatic carbocycles. The second-order valence-corrected chi connectivity index (χ2v) is 11.6. The Morgan fingerprint density at radius 3 is 2.58 bits per heavy atom. The molecule has 4 nitrogen and oxygen atoms in total. The molecule has 200 valence electrons. The van der Waals surface area contributed by atoms with Gasteiger partial charge in [-0.05, 0) is 37.1 Å². The third-order valence-corrected chi connectivity index (χ3v) is 9.67. The first kappa shape index (κ1) is 28.5. The van der Waals surface area contributed by atoms with Crippen LogP contribution in [-0.2, 0) is 25.7 Å². The lowest BCUT2D eigenvalue weighted by molar-refractivity contribution is -0.685. The molecule has 0 saturated carbocycles. The number of thiazole rings is 2. The molecule has 2 aromatic carbocycles. The minimum absolute atomic E-state index is 0. The highest BCUT2D eigenvalue weighted by Gasteiger charge is 2.34. The number of nitrogens with zero attached hydrogens (tertiary/aromatic N) is 3. The summed E-state index contributed by atoms with van der Waals surface area (Å²) in [4.78, 5) is 16.7. The van der Waals surface area contributed by atoms with Crippen LogP contribution in [0.3, 0.4) is 0 Å². The number of hydrogen-bond donors (Lipinski definition) is 0. The maximum absolute atomic E-state index is 13.5. The summed E-state index contributed by atoms with van der Waals surface area (Å²) < 4.78 is 45.6. The van der Waals surface area contributed by atoms with Crippen molar-refractivity contribution in [3.8, 4) is 0 Å². The van der Waals surface area contributed by atoms with Gasteiger partial charge in [-0.3, -0.25) is 9.36 Å². The fourth-order valence-electron chi connectivity index (χ4n) is 4.37. The molecule has 0 spiro atoms. The summed E-state index contributed by atoms with van der Waals surface area (Å²) in [6.45, 7) is 4.63. The van der Waals surface area contributed by atoms with E-state index in [0.29, 0.717) is 11.1 Å². The standard InChI is InChI=1S/C27H25F3N3OS3.ClH/c1-4-17-10-11-20-21(14-17)36-26(31(20)3)24-25(34)33(5-2)23(37-24)15-22-32(12-13-35-22)16-18-8-6-7-9-19(18)27(28,29)30;/h6-15H,4-5,16H2,1-3H3;1H/q+1;/p-1/b26-24+;. The van der Waals surface area contributed by atoms with Gasteiger partial charge in [-0.25, -0.2) is 0 Å². The molecular formula is C27H25ClF3N3OS3. The van der Waals surface area contributed by atoms with Gasteiger partial charge in [0, 0.05) is 24.1 Å². The monoisotopic (exact) mass is 595 g/mol. The summed E-state index contributed by atoms with van der Waals surface area (Å²) in [5.41, 5.74) is 1.85. The highest BCUT2D eigenvalue weighted by molar-refractivity contribution is 8.08. The third-order valence-electron chi connectivity index (χ3n) is 6.35. The molecule has 0 fully saturated rings. The normalized spacial score (nSPS) is 15.1. The predicted octanol–water partition coefficient (Wildman–Crippen LogP) is 2.05. The first-order chi connectivity index (χ1) is 17.7. The van der Waals surface area contributed by atoms with Crippen LogP contribution in [-0.4, -0.2) is 11.6 Å². The van der Waals surface area contributed by atoms with Crippen LogP contribution in [0.5, 0.6) is 0 Å². The van der Waals surface area contributed by atoms with Crippen LogP contribution in [0.2, 0.25) is 0 Å². The molecule has 1 aliphatic heterocycles. The maximum Gasteiger partial charge on any atom is 0.416 e. The summed E-state index contributed by atoms with van der Waals surface area (Å²) in [7, 11) is 1.98. The quantitative estimate of drug-likeness (QED) is 0.331. The van der Waals surface area contributed by atoms with E-state index in [-0.39, 0.29) is 30.1 Å². The summed E-state index contributed by atoms with van der Waals surface area (Å²) in [5, 5.41) is 3.53. The third kappa shape index (κ3) is 5.32. The fraction of sp³-hybridized carbons (Fsp3) is 0.259. The van der Waals surface area contributed by atoms with Crippen LogP contribution in [0.4, 0.5) is 18.9 Å². The van der Waals surface area contributed by atoms with Crippen LogP contribution in [0.25, 0.3) is 11.1 Å². The zero-order valence-electron chi connectivity index (χ0n) is 20.9. The molecule has 5 rings (SSSR count). The van der Waals surface area contributed by atoms with Crippen LogP contribution in [0.15, 0.2) is 63.7 Å². The Balaban J connectivity index is 0.00000336. The van der Waals surface area contributed by atoms with Gasteiger partial charge in [0.05, 0.1) is 22.7 Å². The van der Waals surface area contributed by atoms with Crippen molar-refractivity contribution in [2.75, 3.05) is 11.9 Å². The van der Waals surface area contributed by atoms with Crippen molar-refractivity contribution >= 4 is 51.2 Å². The molecule has 0 saturated heterocycles. The molecule has 11 heteroatoms. The summed E-state index contributed by atoms with van der Waals surface area (Å²) in [6.07, 6.45) is 0.217. The molecule has 3 heterocycles. The Morgan fingerprint density at radius 2 is 1.87 bits per heavy atom. The zero-order valence-corrected chi connectivity index (χ0v) is 24.1. The van der Waals surface area contributed by atoms with Gasteiger partial charge in [-0.2, -0.15) is 17.7 Å². The Hall–Kier alpha value is -2.53. The molecule has 38 heavy (non-hydrogen) atoms. The zero-order chi connectivity index (χ0) is 26.3. The van der Waals surface area contributed by atoms with Gasteiger partial charge in [0.1, 0.15) is 14.2 Å². The molecule has 0 amide bonds. The number of aryl methyl sites for hydroxylation is 1. The number of hydrogen-bond acceptors (Lipinski definition) is 5. The average Bonchev–Trinajstić information content (AvgIpc) is 3.54. The predicted molar refractivity (Wildman–Crippen MR) is 146 cm³/mol. The van der Waals surface area contributed by atoms with E-state index in [4.69, 9.17) is 0 Å². The van der Waals surface area contributed by atoms with E-state index >= 15 is 0 Å². The smallest absolute Gasteiger partial charge is 0.416 e. The molecule has 0 unspecified atom stereocenters. The highest BCUT2D eigenvalue weighted by Crippen LogP contribution is 2.45. The Labute approximate surface area is 236 Å². The number of anilines is 1. The maximum atomic E-state index is 13.5. The molecular weight excluding hydrogens is 571 g/mol. The number of aromatic nitrogens is 2. The van der Waals surface area contributed by atoms with Gasteiger partial charge in [0.25, 0.3) is 10.6 Å². The van der Waals surface area contributed by atoms with Crippen molar-refractivity contribution in [2.45, 2.75) is 44.4 Å². The van der Waals surface area contributed by atoms with E-state index in [2.05, 4.69) is 30.0 Å². The van der Waals surface area contributed by atoms with Gasteiger partial charge in [-0.1, -0.05) is 54.3 Å². The van der Waals surface area contributed by atoms with Gasteiger partial charge >= 0.3 is 6.18 Å². The van der Waals surface area contributed by atoms with Gasteiger partial charge < -0.3 is 17.3 Å². The Kier molecular flexibility index (Phi) is 8.46. The molecule has 0 atom stereocenters.